The Morgan fingerprint density at radius 1 is 1.22 bits per heavy atom. The standard InChI is InChI=1S/C17H19F4N5O/c18-12-2-1-3-13(6-12)27-16-24-15(25-26(16)9-17(19,20)21)23-14-10-4-5-11(14)8-22-7-10/h1-3,6,10-11,14,22H,4-5,7-9H2,(H,23,25)/t10-,11+,14?. The van der Waals surface area contributed by atoms with Gasteiger partial charge in [-0.25, -0.2) is 9.07 Å². The van der Waals surface area contributed by atoms with Gasteiger partial charge in [-0.1, -0.05) is 6.07 Å². The van der Waals surface area contributed by atoms with Crippen molar-refractivity contribution >= 4 is 5.95 Å². The summed E-state index contributed by atoms with van der Waals surface area (Å²) in [6.45, 7) is 0.388. The molecule has 6 nitrogen and oxygen atoms in total. The van der Waals surface area contributed by atoms with Crippen LogP contribution in [0.3, 0.4) is 0 Å². The largest absolute Gasteiger partial charge is 0.424 e. The lowest BCUT2D eigenvalue weighted by Crippen LogP contribution is -2.45. The zero-order valence-electron chi connectivity index (χ0n) is 14.3. The van der Waals surface area contributed by atoms with E-state index in [1.165, 1.54) is 18.2 Å². The second-order valence-corrected chi connectivity index (χ2v) is 6.98. The van der Waals surface area contributed by atoms with Crippen molar-refractivity contribution in [1.82, 2.24) is 20.1 Å². The third kappa shape index (κ3) is 4.15. The van der Waals surface area contributed by atoms with E-state index in [0.717, 1.165) is 32.0 Å². The van der Waals surface area contributed by atoms with Gasteiger partial charge in [0, 0.05) is 12.1 Å². The first-order valence-corrected chi connectivity index (χ1v) is 8.80. The van der Waals surface area contributed by atoms with E-state index in [2.05, 4.69) is 20.7 Å². The fraction of sp³-hybridized carbons (Fsp3) is 0.529. The lowest BCUT2D eigenvalue weighted by Gasteiger charge is -2.30. The highest BCUT2D eigenvalue weighted by Gasteiger charge is 2.40. The van der Waals surface area contributed by atoms with Crippen LogP contribution >= 0.6 is 0 Å². The van der Waals surface area contributed by atoms with Crippen LogP contribution < -0.4 is 15.4 Å². The molecule has 1 unspecified atom stereocenters. The van der Waals surface area contributed by atoms with Gasteiger partial charge >= 0.3 is 12.2 Å². The van der Waals surface area contributed by atoms with Gasteiger partial charge in [0.25, 0.3) is 0 Å². The topological polar surface area (TPSA) is 64.0 Å². The molecule has 1 aromatic heterocycles. The summed E-state index contributed by atoms with van der Waals surface area (Å²) in [4.78, 5) is 4.09. The molecule has 2 heterocycles. The Morgan fingerprint density at radius 3 is 2.63 bits per heavy atom. The molecule has 2 N–H and O–H groups in total. The van der Waals surface area contributed by atoms with E-state index in [9.17, 15) is 17.6 Å². The van der Waals surface area contributed by atoms with Gasteiger partial charge in [-0.2, -0.15) is 18.2 Å². The van der Waals surface area contributed by atoms with E-state index in [1.807, 2.05) is 0 Å². The first-order valence-electron chi connectivity index (χ1n) is 8.80. The number of aromatic nitrogens is 3. The van der Waals surface area contributed by atoms with E-state index in [1.54, 1.807) is 0 Å². The summed E-state index contributed by atoms with van der Waals surface area (Å²) < 4.78 is 58.0. The Balaban J connectivity index is 1.57. The third-order valence-electron chi connectivity index (χ3n) is 5.00. The summed E-state index contributed by atoms with van der Waals surface area (Å²) in [5.74, 6) is 0.379. The van der Waals surface area contributed by atoms with Crippen LogP contribution in [0.1, 0.15) is 12.8 Å². The molecule has 1 aromatic carbocycles. The normalized spacial score (nSPS) is 24.8. The number of ether oxygens (including phenoxy) is 1. The lowest BCUT2D eigenvalue weighted by atomic mass is 9.94. The lowest BCUT2D eigenvalue weighted by molar-refractivity contribution is -0.143. The van der Waals surface area contributed by atoms with Crippen LogP contribution in [0.25, 0.3) is 0 Å². The Morgan fingerprint density at radius 2 is 1.96 bits per heavy atom. The highest BCUT2D eigenvalue weighted by molar-refractivity contribution is 5.32. The van der Waals surface area contributed by atoms with Gasteiger partial charge in [-0.05, 0) is 49.9 Å². The Bertz CT molecular complexity index is 793. The van der Waals surface area contributed by atoms with Crippen LogP contribution in [0.2, 0.25) is 0 Å². The molecule has 0 amide bonds. The summed E-state index contributed by atoms with van der Waals surface area (Å²) in [6, 6.07) is 4.92. The minimum atomic E-state index is -4.49. The maximum Gasteiger partial charge on any atom is 0.408 e. The molecule has 0 spiro atoms. The SMILES string of the molecule is Fc1cccc(Oc2nc(NC3[C@@H]4CC[C@H]3CNC4)nn2CC(F)(F)F)c1. The molecule has 10 heteroatoms. The van der Waals surface area contributed by atoms with Crippen LogP contribution in [0, 0.1) is 17.7 Å². The van der Waals surface area contributed by atoms with Gasteiger partial charge in [0.05, 0.1) is 0 Å². The Labute approximate surface area is 152 Å². The van der Waals surface area contributed by atoms with Crippen LogP contribution in [-0.2, 0) is 6.54 Å². The van der Waals surface area contributed by atoms with Crippen molar-refractivity contribution in [3.8, 4) is 11.8 Å². The summed E-state index contributed by atoms with van der Waals surface area (Å²) in [5.41, 5.74) is 0. The number of nitrogens with zero attached hydrogens (tertiary/aromatic N) is 3. The van der Waals surface area contributed by atoms with Crippen molar-refractivity contribution < 1.29 is 22.3 Å². The third-order valence-corrected chi connectivity index (χ3v) is 5.00. The van der Waals surface area contributed by atoms with Crippen molar-refractivity contribution in [2.24, 2.45) is 11.8 Å². The highest BCUT2D eigenvalue weighted by Crippen LogP contribution is 2.36. The summed E-state index contributed by atoms with van der Waals surface area (Å²) in [7, 11) is 0. The number of benzene rings is 1. The number of piperidine rings is 1. The average Bonchev–Trinajstić information content (AvgIpc) is 3.02. The van der Waals surface area contributed by atoms with Crippen molar-refractivity contribution in [2.45, 2.75) is 31.6 Å². The molecule has 2 fully saturated rings. The average molecular weight is 385 g/mol. The smallest absolute Gasteiger partial charge is 0.408 e. The van der Waals surface area contributed by atoms with Gasteiger partial charge in [0.15, 0.2) is 0 Å². The van der Waals surface area contributed by atoms with E-state index in [4.69, 9.17) is 4.74 Å². The molecule has 4 rings (SSSR count). The molecule has 1 saturated heterocycles. The van der Waals surface area contributed by atoms with Crippen molar-refractivity contribution in [3.63, 3.8) is 0 Å². The number of rotatable bonds is 5. The molecule has 146 valence electrons. The zero-order valence-corrected chi connectivity index (χ0v) is 14.3. The van der Waals surface area contributed by atoms with Gasteiger partial charge in [0.1, 0.15) is 18.1 Å². The van der Waals surface area contributed by atoms with Crippen LogP contribution in [0.15, 0.2) is 24.3 Å². The number of fused-ring (bicyclic) bond motifs is 2. The first kappa shape index (κ1) is 18.0. The minimum Gasteiger partial charge on any atom is -0.424 e. The molecule has 2 aromatic rings. The highest BCUT2D eigenvalue weighted by atomic mass is 19.4. The minimum absolute atomic E-state index is 0.0549. The predicted molar refractivity (Wildman–Crippen MR) is 89.0 cm³/mol. The second kappa shape index (κ2) is 6.99. The predicted octanol–water partition coefficient (Wildman–Crippen LogP) is 3.18. The van der Waals surface area contributed by atoms with Gasteiger partial charge in [-0.15, -0.1) is 5.10 Å². The molecule has 1 aliphatic carbocycles. The molecule has 0 radical (unpaired) electrons. The summed E-state index contributed by atoms with van der Waals surface area (Å²) in [6.07, 6.45) is -2.37. The fourth-order valence-electron chi connectivity index (χ4n) is 3.84. The molecule has 2 aliphatic rings. The van der Waals surface area contributed by atoms with Gasteiger partial charge in [-0.3, -0.25) is 0 Å². The summed E-state index contributed by atoms with van der Waals surface area (Å²) in [5, 5.41) is 10.5. The van der Waals surface area contributed by atoms with E-state index >= 15 is 0 Å². The van der Waals surface area contributed by atoms with E-state index in [-0.39, 0.29) is 23.8 Å². The van der Waals surface area contributed by atoms with Gasteiger partial charge < -0.3 is 15.4 Å². The molecular formula is C17H19F4N5O. The number of nitrogens with one attached hydrogen (secondary N) is 2. The maximum absolute atomic E-state index is 13.3. The summed E-state index contributed by atoms with van der Waals surface area (Å²) >= 11 is 0. The number of alkyl halides is 3. The van der Waals surface area contributed by atoms with Crippen molar-refractivity contribution in [3.05, 3.63) is 30.1 Å². The number of halogens is 4. The van der Waals surface area contributed by atoms with Gasteiger partial charge in [0.2, 0.25) is 5.95 Å². The first-order chi connectivity index (χ1) is 12.9. The zero-order chi connectivity index (χ0) is 19.0. The Kier molecular flexibility index (Phi) is 4.67. The maximum atomic E-state index is 13.3. The molecule has 1 aliphatic heterocycles. The van der Waals surface area contributed by atoms with Crippen molar-refractivity contribution in [2.75, 3.05) is 18.4 Å². The second-order valence-electron chi connectivity index (χ2n) is 6.98. The fourth-order valence-corrected chi connectivity index (χ4v) is 3.84. The van der Waals surface area contributed by atoms with Crippen LogP contribution in [-0.4, -0.2) is 40.1 Å². The van der Waals surface area contributed by atoms with E-state index in [0.29, 0.717) is 16.5 Å². The monoisotopic (exact) mass is 385 g/mol. The number of hydrogen-bond acceptors (Lipinski definition) is 5. The van der Waals surface area contributed by atoms with Crippen LogP contribution in [0.5, 0.6) is 11.8 Å². The van der Waals surface area contributed by atoms with Crippen molar-refractivity contribution in [1.29, 1.82) is 0 Å². The molecular weight excluding hydrogens is 366 g/mol. The Hall–Kier alpha value is -2.36. The quantitative estimate of drug-likeness (QED) is 0.774. The number of hydrogen-bond donors (Lipinski definition) is 2. The van der Waals surface area contributed by atoms with Crippen LogP contribution in [0.4, 0.5) is 23.5 Å². The molecule has 2 bridgehead atoms. The molecule has 1 saturated carbocycles. The molecule has 3 atom stereocenters. The number of anilines is 1. The molecule has 27 heavy (non-hydrogen) atoms. The van der Waals surface area contributed by atoms with E-state index < -0.39 is 18.5 Å².